The normalized spacial score (nSPS) is 14.4. The van der Waals surface area contributed by atoms with Gasteiger partial charge in [-0.3, -0.25) is 10.00 Å². The van der Waals surface area contributed by atoms with E-state index in [2.05, 4.69) is 51.8 Å². The summed E-state index contributed by atoms with van der Waals surface area (Å²) < 4.78 is 13.4. The Hall–Kier alpha value is -3.53. The first-order chi connectivity index (χ1) is 15.9. The van der Waals surface area contributed by atoms with Crippen LogP contribution in [0.2, 0.25) is 5.02 Å². The van der Waals surface area contributed by atoms with Crippen molar-refractivity contribution in [1.82, 2.24) is 19.7 Å². The Bertz CT molecular complexity index is 1230. The second-order valence-corrected chi connectivity index (χ2v) is 10.2. The highest BCUT2D eigenvalue weighted by Gasteiger charge is 2.30. The molecular weight excluding hydrogens is 458 g/mol. The summed E-state index contributed by atoms with van der Waals surface area (Å²) in [6, 6.07) is 6.34. The highest BCUT2D eigenvalue weighted by Crippen LogP contribution is 2.41. The number of carbonyl (C=O) groups excluding carboxylic acids is 1. The van der Waals surface area contributed by atoms with Crippen molar-refractivity contribution in [2.45, 2.75) is 45.6 Å². The summed E-state index contributed by atoms with van der Waals surface area (Å²) in [5, 5.41) is 13.7. The van der Waals surface area contributed by atoms with Crippen molar-refractivity contribution in [2.24, 2.45) is 7.05 Å². The number of amides is 2. The molecule has 4 rings (SSSR count). The summed E-state index contributed by atoms with van der Waals surface area (Å²) in [6.45, 7) is 10.6. The van der Waals surface area contributed by atoms with Gasteiger partial charge in [-0.15, -0.1) is 0 Å². The minimum Gasteiger partial charge on any atom is -0.483 e. The molecule has 1 aromatic carbocycles. The summed E-state index contributed by atoms with van der Waals surface area (Å²) in [5.74, 6) is 2.05. The van der Waals surface area contributed by atoms with Gasteiger partial charge in [0.05, 0.1) is 16.3 Å². The van der Waals surface area contributed by atoms with Gasteiger partial charge in [-0.2, -0.15) is 10.1 Å². The van der Waals surface area contributed by atoms with Gasteiger partial charge in [-0.1, -0.05) is 32.4 Å². The Morgan fingerprint density at radius 3 is 2.71 bits per heavy atom. The predicted octanol–water partition coefficient (Wildman–Crippen LogP) is 5.18. The summed E-state index contributed by atoms with van der Waals surface area (Å²) in [7, 11) is 1.78. The number of hydrogen-bond acceptors (Lipinski definition) is 7. The maximum absolute atomic E-state index is 12.6. The lowest BCUT2D eigenvalue weighted by Crippen LogP contribution is -2.41. The zero-order valence-electron chi connectivity index (χ0n) is 20.0. The van der Waals surface area contributed by atoms with Crippen LogP contribution >= 0.6 is 11.6 Å². The second kappa shape index (κ2) is 8.68. The molecule has 10 nitrogen and oxygen atoms in total. The van der Waals surface area contributed by atoms with Gasteiger partial charge in [0.1, 0.15) is 24.5 Å². The fourth-order valence-corrected chi connectivity index (χ4v) is 3.41. The van der Waals surface area contributed by atoms with E-state index in [1.54, 1.807) is 29.9 Å². The Balaban J connectivity index is 1.49. The molecule has 11 heteroatoms. The molecule has 1 aliphatic heterocycles. The molecule has 34 heavy (non-hydrogen) atoms. The van der Waals surface area contributed by atoms with Crippen molar-refractivity contribution in [3.63, 3.8) is 0 Å². The number of nitrogens with one attached hydrogen (secondary N) is 3. The van der Waals surface area contributed by atoms with Crippen LogP contribution in [0.4, 0.5) is 22.1 Å². The minimum atomic E-state index is -0.425. The molecule has 180 valence electrons. The van der Waals surface area contributed by atoms with E-state index in [9.17, 15) is 4.79 Å². The lowest BCUT2D eigenvalue weighted by atomic mass is 9.92. The Labute approximate surface area is 203 Å². The second-order valence-electron chi connectivity index (χ2n) is 9.77. The molecule has 0 unspecified atom stereocenters. The third-order valence-electron chi connectivity index (χ3n) is 5.09. The van der Waals surface area contributed by atoms with Gasteiger partial charge >= 0.3 is 6.03 Å². The zero-order valence-corrected chi connectivity index (χ0v) is 20.7. The van der Waals surface area contributed by atoms with Crippen LogP contribution in [0.15, 0.2) is 30.6 Å². The van der Waals surface area contributed by atoms with Crippen LogP contribution in [0.25, 0.3) is 0 Å². The van der Waals surface area contributed by atoms with E-state index in [0.29, 0.717) is 40.5 Å². The quantitative estimate of drug-likeness (QED) is 0.466. The molecule has 0 saturated carbocycles. The number of fused-ring (bicyclic) bond motifs is 1. The van der Waals surface area contributed by atoms with Gasteiger partial charge in [0, 0.05) is 30.3 Å². The van der Waals surface area contributed by atoms with Crippen molar-refractivity contribution in [3.05, 3.63) is 41.3 Å². The predicted molar refractivity (Wildman–Crippen MR) is 131 cm³/mol. The molecule has 3 N–H and O–H groups in total. The number of hydrogen-bond donors (Lipinski definition) is 3. The van der Waals surface area contributed by atoms with Gasteiger partial charge in [0.2, 0.25) is 5.75 Å². The number of aryl methyl sites for hydroxylation is 1. The monoisotopic (exact) mass is 485 g/mol. The van der Waals surface area contributed by atoms with Gasteiger partial charge < -0.3 is 20.1 Å². The highest BCUT2D eigenvalue weighted by atomic mass is 35.5. The van der Waals surface area contributed by atoms with E-state index in [1.807, 2.05) is 19.9 Å². The summed E-state index contributed by atoms with van der Waals surface area (Å²) >= 11 is 6.34. The highest BCUT2D eigenvalue weighted by molar-refractivity contribution is 6.32. The van der Waals surface area contributed by atoms with Gasteiger partial charge in [-0.25, -0.2) is 9.78 Å². The third-order valence-corrected chi connectivity index (χ3v) is 5.40. The fraction of sp³-hybridized carbons (Fsp3) is 0.391. The van der Waals surface area contributed by atoms with Crippen LogP contribution in [0.1, 0.15) is 40.3 Å². The van der Waals surface area contributed by atoms with Crippen molar-refractivity contribution < 1.29 is 14.3 Å². The van der Waals surface area contributed by atoms with E-state index in [4.69, 9.17) is 21.1 Å². The van der Waals surface area contributed by atoms with Crippen molar-refractivity contribution in [1.29, 1.82) is 0 Å². The molecule has 0 fully saturated rings. The number of halogens is 1. The average molecular weight is 486 g/mol. The molecule has 0 saturated heterocycles. The van der Waals surface area contributed by atoms with E-state index in [0.717, 1.165) is 5.69 Å². The first-order valence-electron chi connectivity index (χ1n) is 10.8. The van der Waals surface area contributed by atoms with Crippen LogP contribution in [-0.4, -0.2) is 37.9 Å². The topological polar surface area (TPSA) is 115 Å². The molecule has 3 aromatic rings. The summed E-state index contributed by atoms with van der Waals surface area (Å²) in [4.78, 5) is 21.0. The SMILES string of the molecule is Cn1nc(C(C)(C)C)cc1NC(=O)Nc1ccc(Cl)c(Oc2ncnc3c2OCC(C)(C)N3)c1. The summed E-state index contributed by atoms with van der Waals surface area (Å²) in [6.07, 6.45) is 1.38. The number of rotatable bonds is 4. The Morgan fingerprint density at radius 1 is 1.24 bits per heavy atom. The van der Waals surface area contributed by atoms with Crippen LogP contribution in [-0.2, 0) is 12.5 Å². The lowest BCUT2D eigenvalue weighted by Gasteiger charge is -2.32. The van der Waals surface area contributed by atoms with E-state index >= 15 is 0 Å². The zero-order chi connectivity index (χ0) is 24.7. The van der Waals surface area contributed by atoms with Gasteiger partial charge in [0.15, 0.2) is 5.82 Å². The van der Waals surface area contributed by atoms with Gasteiger partial charge in [0.25, 0.3) is 5.88 Å². The van der Waals surface area contributed by atoms with E-state index in [-0.39, 0.29) is 16.8 Å². The largest absolute Gasteiger partial charge is 0.483 e. The number of nitrogens with zero attached hydrogens (tertiary/aromatic N) is 4. The first kappa shape index (κ1) is 23.6. The van der Waals surface area contributed by atoms with Gasteiger partial charge in [-0.05, 0) is 26.0 Å². The molecule has 1 aliphatic rings. The van der Waals surface area contributed by atoms with Crippen LogP contribution < -0.4 is 25.4 Å². The maximum atomic E-state index is 12.6. The number of ether oxygens (including phenoxy) is 2. The molecule has 2 amide bonds. The first-order valence-corrected chi connectivity index (χ1v) is 11.1. The molecule has 0 bridgehead atoms. The molecular formula is C23H28ClN7O3. The smallest absolute Gasteiger partial charge is 0.324 e. The number of aromatic nitrogens is 4. The molecule has 0 radical (unpaired) electrons. The molecule has 0 aliphatic carbocycles. The van der Waals surface area contributed by atoms with Crippen LogP contribution in [0.3, 0.4) is 0 Å². The standard InChI is InChI=1S/C23H28ClN7O3/c1-22(2,3)16-10-17(31(6)30-16)28-21(32)27-13-7-8-14(24)15(9-13)34-20-18-19(25-12-26-20)29-23(4,5)11-33-18/h7-10,12H,11H2,1-6H3,(H,25,26,29)(H2,27,28,32). The summed E-state index contributed by atoms with van der Waals surface area (Å²) in [5.41, 5.74) is 0.958. The van der Waals surface area contributed by atoms with E-state index < -0.39 is 6.03 Å². The van der Waals surface area contributed by atoms with Crippen LogP contribution in [0.5, 0.6) is 17.4 Å². The van der Waals surface area contributed by atoms with Crippen molar-refractivity contribution in [3.8, 4) is 17.4 Å². The molecule has 2 aromatic heterocycles. The average Bonchev–Trinajstić information content (AvgIpc) is 3.10. The molecule has 0 spiro atoms. The Morgan fingerprint density at radius 2 is 2.00 bits per heavy atom. The fourth-order valence-electron chi connectivity index (χ4n) is 3.25. The van der Waals surface area contributed by atoms with E-state index in [1.165, 1.54) is 6.33 Å². The van der Waals surface area contributed by atoms with Crippen molar-refractivity contribution in [2.75, 3.05) is 22.6 Å². The molecule has 0 atom stereocenters. The van der Waals surface area contributed by atoms with Crippen LogP contribution in [0, 0.1) is 0 Å². The lowest BCUT2D eigenvalue weighted by molar-refractivity contribution is 0.229. The van der Waals surface area contributed by atoms with Crippen molar-refractivity contribution >= 4 is 35.0 Å². The Kier molecular flexibility index (Phi) is 6.03. The number of urea groups is 1. The number of carbonyl (C=O) groups is 1. The maximum Gasteiger partial charge on any atom is 0.324 e. The third kappa shape index (κ3) is 5.17. The number of anilines is 3. The molecule has 3 heterocycles. The number of benzene rings is 1. The minimum absolute atomic E-state index is 0.133.